The number of piperidine rings is 1. The third kappa shape index (κ3) is 6.67. The van der Waals surface area contributed by atoms with Crippen molar-refractivity contribution in [3.63, 3.8) is 0 Å². The van der Waals surface area contributed by atoms with E-state index < -0.39 is 60.2 Å². The van der Waals surface area contributed by atoms with Crippen molar-refractivity contribution < 1.29 is 47.7 Å². The number of ether oxygens (including phenoxy) is 5. The molecule has 37 heavy (non-hydrogen) atoms. The van der Waals surface area contributed by atoms with E-state index >= 15 is 0 Å². The Morgan fingerprint density at radius 1 is 0.973 bits per heavy atom. The van der Waals surface area contributed by atoms with Crippen LogP contribution in [0.15, 0.2) is 6.07 Å². The molecule has 0 bridgehead atoms. The molecular weight excluding hydrogens is 494 g/mol. The van der Waals surface area contributed by atoms with Crippen LogP contribution < -0.4 is 21.1 Å². The number of nitrogens with zero attached hydrogens (tertiary/aromatic N) is 3. The Morgan fingerprint density at radius 2 is 1.54 bits per heavy atom. The first-order valence-corrected chi connectivity index (χ1v) is 11.6. The second-order valence-corrected chi connectivity index (χ2v) is 8.48. The fourth-order valence-corrected chi connectivity index (χ4v) is 4.16. The van der Waals surface area contributed by atoms with Crippen molar-refractivity contribution in [1.82, 2.24) is 9.71 Å². The fourth-order valence-electron chi connectivity index (χ4n) is 4.16. The maximum atomic E-state index is 12.5. The van der Waals surface area contributed by atoms with Crippen LogP contribution >= 0.6 is 0 Å². The maximum absolute atomic E-state index is 12.5. The zero-order chi connectivity index (χ0) is 27.3. The normalized spacial score (nSPS) is 25.5. The van der Waals surface area contributed by atoms with E-state index in [1.54, 1.807) is 0 Å². The van der Waals surface area contributed by atoms with Crippen LogP contribution in [0.2, 0.25) is 0 Å². The standard InChI is InChI=1S/C22H31N5O10/c1-11(28)33-16-17(34-12(2)29)19(35-13(3)30)21(36-18(16)20(31)32-4)37-27-14(23)10-15(25-22(27)24)26-8-6-5-7-9-26/h10,16-19,21,24H,5-9,23H2,1-4H3/t16-,17-,18?,19?,21-/m0/s1. The van der Waals surface area contributed by atoms with Crippen molar-refractivity contribution in [3.05, 3.63) is 11.7 Å². The number of nitrogen functional groups attached to an aromatic ring is 1. The van der Waals surface area contributed by atoms with Crippen LogP contribution in [0.5, 0.6) is 0 Å². The Kier molecular flexibility index (Phi) is 8.91. The van der Waals surface area contributed by atoms with Gasteiger partial charge in [0, 0.05) is 39.9 Å². The number of esters is 4. The van der Waals surface area contributed by atoms with Crippen LogP contribution in [0, 0.1) is 5.41 Å². The molecule has 1 aromatic rings. The fraction of sp³-hybridized carbons (Fsp3) is 0.636. The first-order valence-electron chi connectivity index (χ1n) is 11.6. The summed E-state index contributed by atoms with van der Waals surface area (Å²) in [5.74, 6) is -3.01. The van der Waals surface area contributed by atoms with Crippen molar-refractivity contribution in [2.24, 2.45) is 0 Å². The van der Waals surface area contributed by atoms with Gasteiger partial charge in [-0.15, -0.1) is 4.73 Å². The van der Waals surface area contributed by atoms with Gasteiger partial charge >= 0.3 is 23.9 Å². The molecule has 2 saturated heterocycles. The third-order valence-electron chi connectivity index (χ3n) is 5.65. The number of methoxy groups -OCH3 is 1. The van der Waals surface area contributed by atoms with Gasteiger partial charge in [-0.2, -0.15) is 4.98 Å². The Balaban J connectivity index is 2.01. The van der Waals surface area contributed by atoms with Gasteiger partial charge in [0.15, 0.2) is 18.3 Å². The number of nitrogens with one attached hydrogen (secondary N) is 1. The molecule has 0 spiro atoms. The van der Waals surface area contributed by atoms with Gasteiger partial charge in [0.05, 0.1) is 7.11 Å². The summed E-state index contributed by atoms with van der Waals surface area (Å²) in [5, 5.41) is 8.37. The highest BCUT2D eigenvalue weighted by molar-refractivity contribution is 5.77. The second kappa shape index (κ2) is 11.9. The zero-order valence-corrected chi connectivity index (χ0v) is 21.0. The van der Waals surface area contributed by atoms with E-state index in [9.17, 15) is 19.2 Å². The van der Waals surface area contributed by atoms with Crippen molar-refractivity contribution >= 4 is 35.5 Å². The topological polar surface area (TPSA) is 195 Å². The Morgan fingerprint density at radius 3 is 2.08 bits per heavy atom. The average Bonchev–Trinajstić information content (AvgIpc) is 2.83. The van der Waals surface area contributed by atoms with E-state index in [2.05, 4.69) is 4.98 Å². The third-order valence-corrected chi connectivity index (χ3v) is 5.65. The molecule has 3 N–H and O–H groups in total. The van der Waals surface area contributed by atoms with Gasteiger partial charge in [-0.25, -0.2) is 4.79 Å². The number of hydrogen-bond acceptors (Lipinski definition) is 14. The van der Waals surface area contributed by atoms with E-state index in [-0.39, 0.29) is 5.82 Å². The van der Waals surface area contributed by atoms with Crippen molar-refractivity contribution in [3.8, 4) is 0 Å². The Labute approximate surface area is 212 Å². The molecular formula is C22H31N5O10. The minimum Gasteiger partial charge on any atom is -0.467 e. The molecule has 15 nitrogen and oxygen atoms in total. The molecule has 0 radical (unpaired) electrons. The van der Waals surface area contributed by atoms with Gasteiger partial charge in [0.25, 0.3) is 11.9 Å². The summed E-state index contributed by atoms with van der Waals surface area (Å²) in [4.78, 5) is 60.2. The molecule has 2 aliphatic heterocycles. The molecule has 1 aromatic heterocycles. The second-order valence-electron chi connectivity index (χ2n) is 8.48. The summed E-state index contributed by atoms with van der Waals surface area (Å²) < 4.78 is 27.1. The molecule has 0 saturated carbocycles. The lowest BCUT2D eigenvalue weighted by atomic mass is 9.98. The number of nitrogens with two attached hydrogens (primary N) is 1. The van der Waals surface area contributed by atoms with Gasteiger partial charge < -0.3 is 39.2 Å². The first-order chi connectivity index (χ1) is 17.5. The Bertz CT molecular complexity index is 1090. The van der Waals surface area contributed by atoms with Crippen LogP contribution in [0.1, 0.15) is 40.0 Å². The molecule has 3 rings (SSSR count). The summed E-state index contributed by atoms with van der Waals surface area (Å²) >= 11 is 0. The highest BCUT2D eigenvalue weighted by Gasteiger charge is 2.56. The summed E-state index contributed by atoms with van der Waals surface area (Å²) in [5.41, 5.74) is 5.75. The molecule has 2 aliphatic rings. The predicted octanol–water partition coefficient (Wildman–Crippen LogP) is -0.943. The quantitative estimate of drug-likeness (QED) is 0.327. The summed E-state index contributed by atoms with van der Waals surface area (Å²) in [7, 11) is 1.07. The highest BCUT2D eigenvalue weighted by Crippen LogP contribution is 2.29. The molecule has 5 atom stereocenters. The minimum atomic E-state index is -1.66. The van der Waals surface area contributed by atoms with Crippen LogP contribution in [-0.4, -0.2) is 84.5 Å². The highest BCUT2D eigenvalue weighted by atomic mass is 16.8. The van der Waals surface area contributed by atoms with Gasteiger partial charge in [-0.05, 0) is 19.3 Å². The summed E-state index contributed by atoms with van der Waals surface area (Å²) in [6.07, 6.45) is -4.87. The SMILES string of the molecule is COC(=O)C1O[C@@H](On2c(N)cc(N3CCCCC3)nc2=N)C(OC(C)=O)[C@@H](OC(C)=O)[C@@H]1OC(C)=O. The van der Waals surface area contributed by atoms with Gasteiger partial charge in [-0.3, -0.25) is 19.8 Å². The zero-order valence-electron chi connectivity index (χ0n) is 21.0. The van der Waals surface area contributed by atoms with E-state index in [0.29, 0.717) is 5.82 Å². The number of hydrogen-bond donors (Lipinski definition) is 2. The number of rotatable bonds is 7. The Hall–Kier alpha value is -3.88. The van der Waals surface area contributed by atoms with Crippen LogP contribution in [0.4, 0.5) is 11.6 Å². The molecule has 2 fully saturated rings. The van der Waals surface area contributed by atoms with Crippen LogP contribution in [0.3, 0.4) is 0 Å². The first kappa shape index (κ1) is 27.7. The van der Waals surface area contributed by atoms with E-state index in [4.69, 9.17) is 39.7 Å². The average molecular weight is 526 g/mol. The molecule has 204 valence electrons. The molecule has 0 aromatic carbocycles. The van der Waals surface area contributed by atoms with Crippen molar-refractivity contribution in [2.75, 3.05) is 30.8 Å². The number of anilines is 2. The van der Waals surface area contributed by atoms with Crippen molar-refractivity contribution in [2.45, 2.75) is 70.7 Å². The van der Waals surface area contributed by atoms with Gasteiger partial charge in [0.1, 0.15) is 11.6 Å². The van der Waals surface area contributed by atoms with E-state index in [1.807, 2.05) is 4.90 Å². The lowest BCUT2D eigenvalue weighted by molar-refractivity contribution is -0.301. The predicted molar refractivity (Wildman–Crippen MR) is 122 cm³/mol. The number of aromatic nitrogens is 2. The number of carbonyl (C=O) groups is 4. The largest absolute Gasteiger partial charge is 0.467 e. The van der Waals surface area contributed by atoms with E-state index in [0.717, 1.165) is 65.0 Å². The monoisotopic (exact) mass is 525 g/mol. The smallest absolute Gasteiger partial charge is 0.339 e. The van der Waals surface area contributed by atoms with Crippen molar-refractivity contribution in [1.29, 1.82) is 5.41 Å². The molecule has 0 aliphatic carbocycles. The lowest BCUT2D eigenvalue weighted by Gasteiger charge is -2.42. The van der Waals surface area contributed by atoms with E-state index in [1.165, 1.54) is 6.07 Å². The van der Waals surface area contributed by atoms with Gasteiger partial charge in [0.2, 0.25) is 6.10 Å². The van der Waals surface area contributed by atoms with Gasteiger partial charge in [-0.1, -0.05) is 0 Å². The van der Waals surface area contributed by atoms with Crippen LogP contribution in [0.25, 0.3) is 0 Å². The molecule has 15 heteroatoms. The minimum absolute atomic E-state index is 0.0356. The molecule has 3 heterocycles. The molecule has 2 unspecified atom stereocenters. The molecule has 0 amide bonds. The van der Waals surface area contributed by atoms with Crippen LogP contribution in [-0.2, 0) is 42.9 Å². The summed E-state index contributed by atoms with van der Waals surface area (Å²) in [6.45, 7) is 4.76. The summed E-state index contributed by atoms with van der Waals surface area (Å²) in [6, 6.07) is 1.51. The number of carbonyl (C=O) groups excluding carboxylic acids is 4. The lowest BCUT2D eigenvalue weighted by Crippen LogP contribution is -2.65. The maximum Gasteiger partial charge on any atom is 0.339 e.